The van der Waals surface area contributed by atoms with E-state index in [1.54, 1.807) is 4.68 Å². The largest absolute Gasteiger partial charge is 0.374 e. The Bertz CT molecular complexity index is 1190. The Hall–Kier alpha value is -3.38. The van der Waals surface area contributed by atoms with E-state index < -0.39 is 0 Å². The number of nitrogens with zero attached hydrogens (tertiary/aromatic N) is 6. The van der Waals surface area contributed by atoms with Gasteiger partial charge in [-0.25, -0.2) is 0 Å². The Labute approximate surface area is 180 Å². The molecule has 1 saturated heterocycles. The van der Waals surface area contributed by atoms with E-state index in [2.05, 4.69) is 61.9 Å². The maximum absolute atomic E-state index is 6.13. The minimum Gasteiger partial charge on any atom is -0.374 e. The van der Waals surface area contributed by atoms with Gasteiger partial charge in [0.1, 0.15) is 0 Å². The number of benzene rings is 3. The highest BCUT2D eigenvalue weighted by Crippen LogP contribution is 2.21. The summed E-state index contributed by atoms with van der Waals surface area (Å²) in [5, 5.41) is 15.4. The van der Waals surface area contributed by atoms with Crippen LogP contribution in [0.5, 0.6) is 0 Å². The van der Waals surface area contributed by atoms with Crippen LogP contribution in [0.1, 0.15) is 5.82 Å². The van der Waals surface area contributed by atoms with E-state index >= 15 is 0 Å². The summed E-state index contributed by atoms with van der Waals surface area (Å²) in [7, 11) is 0. The molecule has 3 aromatic carbocycles. The molecule has 1 fully saturated rings. The highest BCUT2D eigenvalue weighted by Gasteiger charge is 2.15. The van der Waals surface area contributed by atoms with Gasteiger partial charge in [-0.05, 0) is 51.5 Å². The molecular formula is C23H21ClN6. The van der Waals surface area contributed by atoms with Crippen molar-refractivity contribution in [3.05, 3.63) is 83.8 Å². The molecule has 0 bridgehead atoms. The number of anilines is 1. The van der Waals surface area contributed by atoms with Gasteiger partial charge in [0.15, 0.2) is 5.82 Å². The lowest BCUT2D eigenvalue weighted by Crippen LogP contribution is -2.44. The van der Waals surface area contributed by atoms with Gasteiger partial charge in [0.05, 0.1) is 5.69 Å². The molecule has 7 heteroatoms. The summed E-state index contributed by atoms with van der Waals surface area (Å²) in [4.78, 5) is 4.65. The SMILES string of the molecule is Clc1cccc(N2CCN(C=Cc3nnnn3-c3ccc4ccccc4c3)CC2)c1. The molecule has 1 aliphatic rings. The van der Waals surface area contributed by atoms with Crippen molar-refractivity contribution in [1.29, 1.82) is 0 Å². The van der Waals surface area contributed by atoms with Crippen molar-refractivity contribution in [1.82, 2.24) is 25.1 Å². The molecule has 0 atom stereocenters. The van der Waals surface area contributed by atoms with Gasteiger partial charge in [0.25, 0.3) is 0 Å². The molecule has 30 heavy (non-hydrogen) atoms. The van der Waals surface area contributed by atoms with Crippen LogP contribution in [0.25, 0.3) is 22.5 Å². The first-order chi connectivity index (χ1) is 14.8. The lowest BCUT2D eigenvalue weighted by Gasteiger charge is -2.35. The van der Waals surface area contributed by atoms with Crippen LogP contribution in [0.15, 0.2) is 72.9 Å². The fourth-order valence-corrected chi connectivity index (χ4v) is 3.95. The van der Waals surface area contributed by atoms with Crippen LogP contribution >= 0.6 is 11.6 Å². The Morgan fingerprint density at radius 2 is 1.63 bits per heavy atom. The molecule has 6 nitrogen and oxygen atoms in total. The van der Waals surface area contributed by atoms with Crippen molar-refractivity contribution in [2.45, 2.75) is 0 Å². The zero-order valence-corrected chi connectivity index (χ0v) is 17.2. The monoisotopic (exact) mass is 416 g/mol. The van der Waals surface area contributed by atoms with Crippen molar-refractivity contribution in [2.24, 2.45) is 0 Å². The van der Waals surface area contributed by atoms with Crippen molar-refractivity contribution in [3.8, 4) is 5.69 Å². The first-order valence-electron chi connectivity index (χ1n) is 9.97. The number of piperazine rings is 1. The molecule has 150 valence electrons. The van der Waals surface area contributed by atoms with Gasteiger partial charge in [0, 0.05) is 49.2 Å². The van der Waals surface area contributed by atoms with Crippen LogP contribution in [-0.4, -0.2) is 51.3 Å². The summed E-state index contributed by atoms with van der Waals surface area (Å²) in [6.45, 7) is 3.75. The predicted molar refractivity (Wildman–Crippen MR) is 121 cm³/mol. The second-order valence-electron chi connectivity index (χ2n) is 7.30. The molecule has 0 N–H and O–H groups in total. The molecule has 4 aromatic rings. The smallest absolute Gasteiger partial charge is 0.181 e. The van der Waals surface area contributed by atoms with E-state index in [0.29, 0.717) is 5.82 Å². The summed E-state index contributed by atoms with van der Waals surface area (Å²) >= 11 is 6.13. The molecule has 0 unspecified atom stereocenters. The normalized spacial score (nSPS) is 14.7. The standard InChI is InChI=1S/C23H21ClN6/c24-20-6-3-7-21(17-20)29-14-12-28(13-15-29)11-10-23-25-26-27-30(23)22-9-8-18-4-1-2-5-19(18)16-22/h1-11,16-17H,12-15H2. The van der Waals surface area contributed by atoms with E-state index in [0.717, 1.165) is 42.3 Å². The molecular weight excluding hydrogens is 396 g/mol. The summed E-state index contributed by atoms with van der Waals surface area (Å²) in [5.74, 6) is 0.711. The van der Waals surface area contributed by atoms with E-state index in [1.807, 2.05) is 42.5 Å². The minimum atomic E-state index is 0.711. The Balaban J connectivity index is 1.28. The Morgan fingerprint density at radius 3 is 2.47 bits per heavy atom. The second-order valence-corrected chi connectivity index (χ2v) is 7.74. The number of halogens is 1. The highest BCUT2D eigenvalue weighted by molar-refractivity contribution is 6.30. The molecule has 5 rings (SSSR count). The van der Waals surface area contributed by atoms with Crippen molar-refractivity contribution < 1.29 is 0 Å². The number of aromatic nitrogens is 4. The third-order valence-corrected chi connectivity index (χ3v) is 5.63. The van der Waals surface area contributed by atoms with Gasteiger partial charge in [-0.2, -0.15) is 4.68 Å². The van der Waals surface area contributed by atoms with Crippen molar-refractivity contribution in [3.63, 3.8) is 0 Å². The van der Waals surface area contributed by atoms with Crippen LogP contribution < -0.4 is 4.90 Å². The van der Waals surface area contributed by atoms with Crippen LogP contribution in [0.2, 0.25) is 5.02 Å². The number of tetrazole rings is 1. The maximum Gasteiger partial charge on any atom is 0.181 e. The minimum absolute atomic E-state index is 0.711. The zero-order chi connectivity index (χ0) is 20.3. The maximum atomic E-state index is 6.13. The highest BCUT2D eigenvalue weighted by atomic mass is 35.5. The molecule has 0 spiro atoms. The summed E-state index contributed by atoms with van der Waals surface area (Å²) < 4.78 is 1.77. The number of rotatable bonds is 4. The average molecular weight is 417 g/mol. The van der Waals surface area contributed by atoms with Gasteiger partial charge >= 0.3 is 0 Å². The fraction of sp³-hybridized carbons (Fsp3) is 0.174. The fourth-order valence-electron chi connectivity index (χ4n) is 3.76. The van der Waals surface area contributed by atoms with Gasteiger partial charge in [0.2, 0.25) is 0 Å². The Morgan fingerprint density at radius 1 is 0.800 bits per heavy atom. The van der Waals surface area contributed by atoms with E-state index in [9.17, 15) is 0 Å². The quantitative estimate of drug-likeness (QED) is 0.497. The lowest BCUT2D eigenvalue weighted by molar-refractivity contribution is 0.351. The van der Waals surface area contributed by atoms with Crippen LogP contribution in [-0.2, 0) is 0 Å². The molecule has 0 aliphatic carbocycles. The van der Waals surface area contributed by atoms with Gasteiger partial charge in [-0.15, -0.1) is 5.10 Å². The molecule has 0 saturated carbocycles. The predicted octanol–water partition coefficient (Wildman–Crippen LogP) is 4.26. The van der Waals surface area contributed by atoms with Crippen molar-refractivity contribution in [2.75, 3.05) is 31.1 Å². The van der Waals surface area contributed by atoms with Gasteiger partial charge in [-0.3, -0.25) is 0 Å². The van der Waals surface area contributed by atoms with E-state index in [-0.39, 0.29) is 0 Å². The van der Waals surface area contributed by atoms with E-state index in [4.69, 9.17) is 11.6 Å². The summed E-state index contributed by atoms with van der Waals surface area (Å²) in [6.07, 6.45) is 4.06. The molecule has 2 heterocycles. The molecule has 0 amide bonds. The number of fused-ring (bicyclic) bond motifs is 1. The van der Waals surface area contributed by atoms with Crippen LogP contribution in [0, 0.1) is 0 Å². The zero-order valence-electron chi connectivity index (χ0n) is 16.4. The topological polar surface area (TPSA) is 50.1 Å². The number of hydrogen-bond acceptors (Lipinski definition) is 5. The first-order valence-corrected chi connectivity index (χ1v) is 10.3. The van der Waals surface area contributed by atoms with Gasteiger partial charge in [-0.1, -0.05) is 48.0 Å². The van der Waals surface area contributed by atoms with Crippen molar-refractivity contribution >= 4 is 34.1 Å². The molecule has 1 aliphatic heterocycles. The molecule has 1 aromatic heterocycles. The van der Waals surface area contributed by atoms with Crippen LogP contribution in [0.3, 0.4) is 0 Å². The average Bonchev–Trinajstić information content (AvgIpc) is 3.26. The van der Waals surface area contributed by atoms with Gasteiger partial charge < -0.3 is 9.80 Å². The summed E-state index contributed by atoms with van der Waals surface area (Å²) in [6, 6.07) is 22.5. The van der Waals surface area contributed by atoms with E-state index in [1.165, 1.54) is 11.1 Å². The Kier molecular flexibility index (Phi) is 5.07. The third kappa shape index (κ3) is 3.86. The number of hydrogen-bond donors (Lipinski definition) is 0. The third-order valence-electron chi connectivity index (χ3n) is 5.39. The first kappa shape index (κ1) is 18.6. The molecule has 0 radical (unpaired) electrons. The lowest BCUT2D eigenvalue weighted by atomic mass is 10.1. The second kappa shape index (κ2) is 8.16. The summed E-state index contributed by atoms with van der Waals surface area (Å²) in [5.41, 5.74) is 2.12. The van der Waals surface area contributed by atoms with Crippen LogP contribution in [0.4, 0.5) is 5.69 Å².